The van der Waals surface area contributed by atoms with Gasteiger partial charge in [-0.05, 0) is 36.8 Å². The van der Waals surface area contributed by atoms with E-state index in [1.54, 1.807) is 30.3 Å². The Balaban J connectivity index is 1.70. The number of Topliss-reactive ketones (excluding diaryl/α,β-unsaturated/α-hetero) is 1. The minimum absolute atomic E-state index is 0.0281. The molecule has 0 fully saturated rings. The molecular weight excluding hydrogens is 326 g/mol. The number of amides is 1. The molecule has 0 heterocycles. The Labute approximate surface area is 152 Å². The van der Waals surface area contributed by atoms with Crippen molar-refractivity contribution >= 4 is 17.4 Å². The van der Waals surface area contributed by atoms with Gasteiger partial charge in [-0.2, -0.15) is 0 Å². The number of carbonyl (C=O) groups excluding carboxylic acids is 2. The van der Waals surface area contributed by atoms with Gasteiger partial charge in [0.25, 0.3) is 5.91 Å². The van der Waals surface area contributed by atoms with Crippen LogP contribution in [0.15, 0.2) is 78.9 Å². The molecule has 3 aromatic carbocycles. The van der Waals surface area contributed by atoms with Crippen molar-refractivity contribution in [1.29, 1.82) is 0 Å². The maximum Gasteiger partial charge on any atom is 0.259 e. The fourth-order valence-corrected chi connectivity index (χ4v) is 2.50. The first-order valence-electron chi connectivity index (χ1n) is 8.31. The predicted octanol–water partition coefficient (Wildman–Crippen LogP) is 4.72. The lowest BCUT2D eigenvalue weighted by Gasteiger charge is -2.12. The first-order valence-corrected chi connectivity index (χ1v) is 8.31. The molecule has 1 amide bonds. The monoisotopic (exact) mass is 345 g/mol. The van der Waals surface area contributed by atoms with Crippen molar-refractivity contribution in [3.8, 4) is 5.75 Å². The van der Waals surface area contributed by atoms with Crippen molar-refractivity contribution in [2.24, 2.45) is 0 Å². The summed E-state index contributed by atoms with van der Waals surface area (Å²) in [6.45, 7) is 1.85. The molecule has 0 aliphatic rings. The van der Waals surface area contributed by atoms with Crippen LogP contribution in [0.5, 0.6) is 5.75 Å². The highest BCUT2D eigenvalue weighted by molar-refractivity contribution is 6.06. The molecule has 130 valence electrons. The number of benzene rings is 3. The maximum atomic E-state index is 12.5. The first kappa shape index (κ1) is 17.4. The van der Waals surface area contributed by atoms with E-state index in [1.165, 1.54) is 6.92 Å². The summed E-state index contributed by atoms with van der Waals surface area (Å²) in [5.74, 6) is 0.315. The second kappa shape index (κ2) is 8.12. The Bertz CT molecular complexity index is 902. The Morgan fingerprint density at radius 3 is 2.19 bits per heavy atom. The van der Waals surface area contributed by atoms with Crippen molar-refractivity contribution in [3.05, 3.63) is 95.6 Å². The van der Waals surface area contributed by atoms with Crippen LogP contribution in [0.2, 0.25) is 0 Å². The van der Waals surface area contributed by atoms with E-state index in [1.807, 2.05) is 48.5 Å². The van der Waals surface area contributed by atoms with Gasteiger partial charge in [0.2, 0.25) is 0 Å². The average Bonchev–Trinajstić information content (AvgIpc) is 2.67. The van der Waals surface area contributed by atoms with Gasteiger partial charge in [-0.3, -0.25) is 9.59 Å². The van der Waals surface area contributed by atoms with Crippen molar-refractivity contribution in [2.45, 2.75) is 13.5 Å². The largest absolute Gasteiger partial charge is 0.488 e. The summed E-state index contributed by atoms with van der Waals surface area (Å²) >= 11 is 0. The molecule has 4 heteroatoms. The van der Waals surface area contributed by atoms with Crippen LogP contribution in [-0.4, -0.2) is 11.7 Å². The van der Waals surface area contributed by atoms with Gasteiger partial charge in [0, 0.05) is 11.3 Å². The van der Waals surface area contributed by atoms with E-state index < -0.39 is 0 Å². The SMILES string of the molecule is CC(=O)c1ccc(COc2ccccc2C(=O)Nc2ccccc2)cc1. The van der Waals surface area contributed by atoms with Gasteiger partial charge in [0.05, 0.1) is 5.56 Å². The molecule has 0 unspecified atom stereocenters. The van der Waals surface area contributed by atoms with Crippen LogP contribution >= 0.6 is 0 Å². The van der Waals surface area contributed by atoms with Crippen LogP contribution in [0.3, 0.4) is 0 Å². The second-order valence-corrected chi connectivity index (χ2v) is 5.86. The molecule has 3 aromatic rings. The van der Waals surface area contributed by atoms with Crippen LogP contribution in [0.1, 0.15) is 33.2 Å². The van der Waals surface area contributed by atoms with Gasteiger partial charge >= 0.3 is 0 Å². The number of rotatable bonds is 6. The summed E-state index contributed by atoms with van der Waals surface area (Å²) in [5, 5.41) is 2.86. The highest BCUT2D eigenvalue weighted by Gasteiger charge is 2.12. The van der Waals surface area contributed by atoms with Gasteiger partial charge in [0.15, 0.2) is 5.78 Å². The van der Waals surface area contributed by atoms with Gasteiger partial charge in [0.1, 0.15) is 12.4 Å². The topological polar surface area (TPSA) is 55.4 Å². The van der Waals surface area contributed by atoms with Crippen LogP contribution in [0.4, 0.5) is 5.69 Å². The van der Waals surface area contributed by atoms with Gasteiger partial charge in [-0.1, -0.05) is 54.6 Å². The van der Waals surface area contributed by atoms with Crippen LogP contribution < -0.4 is 10.1 Å². The highest BCUT2D eigenvalue weighted by Crippen LogP contribution is 2.21. The molecule has 0 radical (unpaired) electrons. The standard InChI is InChI=1S/C22H19NO3/c1-16(24)18-13-11-17(12-14-18)15-26-21-10-6-5-9-20(21)22(25)23-19-7-3-2-4-8-19/h2-14H,15H2,1H3,(H,23,25). The normalized spacial score (nSPS) is 10.2. The van der Waals surface area contributed by atoms with Gasteiger partial charge in [-0.25, -0.2) is 0 Å². The fourth-order valence-electron chi connectivity index (χ4n) is 2.50. The number of anilines is 1. The molecule has 0 saturated heterocycles. The van der Waals surface area contributed by atoms with E-state index in [0.717, 1.165) is 11.3 Å². The van der Waals surface area contributed by atoms with E-state index in [9.17, 15) is 9.59 Å². The lowest BCUT2D eigenvalue weighted by atomic mass is 10.1. The number of para-hydroxylation sites is 2. The zero-order valence-corrected chi connectivity index (χ0v) is 14.4. The zero-order valence-electron chi connectivity index (χ0n) is 14.4. The minimum atomic E-state index is -0.223. The van der Waals surface area contributed by atoms with Crippen LogP contribution in [0, 0.1) is 0 Å². The third kappa shape index (κ3) is 4.36. The fraction of sp³-hybridized carbons (Fsp3) is 0.0909. The maximum absolute atomic E-state index is 12.5. The number of carbonyl (C=O) groups is 2. The molecule has 3 rings (SSSR count). The molecular formula is C22H19NO3. The lowest BCUT2D eigenvalue weighted by Crippen LogP contribution is -2.13. The molecule has 0 atom stereocenters. The molecule has 0 aliphatic carbocycles. The third-order valence-electron chi connectivity index (χ3n) is 3.92. The summed E-state index contributed by atoms with van der Waals surface area (Å²) < 4.78 is 5.84. The third-order valence-corrected chi connectivity index (χ3v) is 3.92. The van der Waals surface area contributed by atoms with E-state index in [4.69, 9.17) is 4.74 Å². The second-order valence-electron chi connectivity index (χ2n) is 5.86. The Hall–Kier alpha value is -3.40. The van der Waals surface area contributed by atoms with Crippen molar-refractivity contribution < 1.29 is 14.3 Å². The zero-order chi connectivity index (χ0) is 18.4. The smallest absolute Gasteiger partial charge is 0.259 e. The lowest BCUT2D eigenvalue weighted by molar-refractivity contribution is 0.101. The number of hydrogen-bond acceptors (Lipinski definition) is 3. The molecule has 0 aliphatic heterocycles. The number of nitrogens with one attached hydrogen (secondary N) is 1. The molecule has 0 bridgehead atoms. The molecule has 0 aromatic heterocycles. The predicted molar refractivity (Wildman–Crippen MR) is 102 cm³/mol. The highest BCUT2D eigenvalue weighted by atomic mass is 16.5. The summed E-state index contributed by atoms with van der Waals surface area (Å²) in [4.78, 5) is 23.9. The van der Waals surface area contributed by atoms with Crippen LogP contribution in [0.25, 0.3) is 0 Å². The number of ether oxygens (including phenoxy) is 1. The van der Waals surface area contributed by atoms with E-state index >= 15 is 0 Å². The number of hydrogen-bond donors (Lipinski definition) is 1. The summed E-state index contributed by atoms with van der Waals surface area (Å²) in [6.07, 6.45) is 0. The van der Waals surface area contributed by atoms with Crippen molar-refractivity contribution in [3.63, 3.8) is 0 Å². The summed E-state index contributed by atoms with van der Waals surface area (Å²) in [5.41, 5.74) is 2.79. The van der Waals surface area contributed by atoms with E-state index in [0.29, 0.717) is 23.5 Å². The van der Waals surface area contributed by atoms with Crippen molar-refractivity contribution in [1.82, 2.24) is 0 Å². The molecule has 4 nitrogen and oxygen atoms in total. The number of ketones is 1. The summed E-state index contributed by atoms with van der Waals surface area (Å²) in [7, 11) is 0. The minimum Gasteiger partial charge on any atom is -0.488 e. The summed E-state index contributed by atoms with van der Waals surface area (Å²) in [6, 6.07) is 23.7. The Morgan fingerprint density at radius 2 is 1.50 bits per heavy atom. The van der Waals surface area contributed by atoms with Gasteiger partial charge < -0.3 is 10.1 Å². The van der Waals surface area contributed by atoms with Crippen molar-refractivity contribution in [2.75, 3.05) is 5.32 Å². The van der Waals surface area contributed by atoms with E-state index in [-0.39, 0.29) is 11.7 Å². The van der Waals surface area contributed by atoms with Crippen LogP contribution in [-0.2, 0) is 6.61 Å². The first-order chi connectivity index (χ1) is 12.6. The Kier molecular flexibility index (Phi) is 5.44. The Morgan fingerprint density at radius 1 is 0.846 bits per heavy atom. The van der Waals surface area contributed by atoms with Gasteiger partial charge in [-0.15, -0.1) is 0 Å². The van der Waals surface area contributed by atoms with E-state index in [2.05, 4.69) is 5.32 Å². The molecule has 1 N–H and O–H groups in total. The average molecular weight is 345 g/mol. The quantitative estimate of drug-likeness (QED) is 0.658. The molecule has 26 heavy (non-hydrogen) atoms. The molecule has 0 spiro atoms. The molecule has 0 saturated carbocycles.